The zero-order valence-corrected chi connectivity index (χ0v) is 11.0. The molecule has 17 heavy (non-hydrogen) atoms. The van der Waals surface area contributed by atoms with Crippen molar-refractivity contribution in [2.24, 2.45) is 0 Å². The van der Waals surface area contributed by atoms with E-state index in [4.69, 9.17) is 4.74 Å². The molecule has 0 saturated carbocycles. The maximum atomic E-state index is 11.8. The molecule has 2 aromatic rings. The lowest BCUT2D eigenvalue weighted by Gasteiger charge is -2.04. The molecule has 88 valence electrons. The fourth-order valence-corrected chi connectivity index (χ4v) is 2.35. The number of hydrogen-bond acceptors (Lipinski definition) is 2. The van der Waals surface area contributed by atoms with Crippen LogP contribution in [0.1, 0.15) is 15.9 Å². The Hall–Kier alpha value is -1.55. The Kier molecular flexibility index (Phi) is 3.33. The highest BCUT2D eigenvalue weighted by atomic mass is 79.9. The van der Waals surface area contributed by atoms with Gasteiger partial charge in [0.1, 0.15) is 0 Å². The van der Waals surface area contributed by atoms with Crippen LogP contribution in [0.25, 0.3) is 10.9 Å². The maximum absolute atomic E-state index is 11.8. The van der Waals surface area contributed by atoms with Crippen LogP contribution in [0.2, 0.25) is 0 Å². The van der Waals surface area contributed by atoms with Crippen molar-refractivity contribution in [3.63, 3.8) is 0 Å². The third kappa shape index (κ3) is 2.13. The number of nitrogens with one attached hydrogen (secondary N) is 1. The van der Waals surface area contributed by atoms with Crippen LogP contribution < -0.4 is 0 Å². The molecule has 0 aliphatic carbocycles. The van der Waals surface area contributed by atoms with Crippen LogP contribution in [-0.2, 0) is 11.2 Å². The number of rotatable bonds is 3. The Morgan fingerprint density at radius 1 is 1.59 bits per heavy atom. The molecule has 4 heteroatoms. The first-order chi connectivity index (χ1) is 8.17. The molecule has 0 aliphatic heterocycles. The van der Waals surface area contributed by atoms with Crippen molar-refractivity contribution >= 4 is 32.8 Å². The Morgan fingerprint density at radius 3 is 3.00 bits per heavy atom. The SMILES string of the molecule is C=CCc1c[nH]c2cc(Br)cc(C(=O)OC)c12. The number of aromatic amines is 1. The average Bonchev–Trinajstić information content (AvgIpc) is 2.71. The van der Waals surface area contributed by atoms with Gasteiger partial charge in [0.15, 0.2) is 0 Å². The summed E-state index contributed by atoms with van der Waals surface area (Å²) in [4.78, 5) is 14.9. The van der Waals surface area contributed by atoms with E-state index < -0.39 is 0 Å². The number of H-pyrrole nitrogens is 1. The summed E-state index contributed by atoms with van der Waals surface area (Å²) < 4.78 is 5.65. The number of benzene rings is 1. The Bertz CT molecular complexity index is 586. The van der Waals surface area contributed by atoms with Gasteiger partial charge in [-0.2, -0.15) is 0 Å². The summed E-state index contributed by atoms with van der Waals surface area (Å²) in [7, 11) is 1.38. The quantitative estimate of drug-likeness (QED) is 0.696. The molecule has 0 fully saturated rings. The minimum atomic E-state index is -0.332. The van der Waals surface area contributed by atoms with Gasteiger partial charge in [-0.15, -0.1) is 6.58 Å². The van der Waals surface area contributed by atoms with Crippen LogP contribution in [0.5, 0.6) is 0 Å². The normalized spacial score (nSPS) is 10.5. The van der Waals surface area contributed by atoms with Gasteiger partial charge in [-0.3, -0.25) is 0 Å². The highest BCUT2D eigenvalue weighted by molar-refractivity contribution is 9.10. The van der Waals surface area contributed by atoms with Crippen LogP contribution in [0.3, 0.4) is 0 Å². The van der Waals surface area contributed by atoms with E-state index in [9.17, 15) is 4.79 Å². The Balaban J connectivity index is 2.73. The lowest BCUT2D eigenvalue weighted by Crippen LogP contribution is -2.02. The molecule has 0 aliphatic rings. The van der Waals surface area contributed by atoms with E-state index in [0.29, 0.717) is 12.0 Å². The number of allylic oxidation sites excluding steroid dienone is 1. The predicted molar refractivity (Wildman–Crippen MR) is 71.2 cm³/mol. The number of fused-ring (bicyclic) bond motifs is 1. The van der Waals surface area contributed by atoms with Crippen molar-refractivity contribution in [1.29, 1.82) is 0 Å². The van der Waals surface area contributed by atoms with Crippen molar-refractivity contribution in [2.75, 3.05) is 7.11 Å². The number of methoxy groups -OCH3 is 1. The largest absolute Gasteiger partial charge is 0.465 e. The Morgan fingerprint density at radius 2 is 2.35 bits per heavy atom. The van der Waals surface area contributed by atoms with E-state index in [0.717, 1.165) is 20.9 Å². The second-order valence-electron chi connectivity index (χ2n) is 3.67. The van der Waals surface area contributed by atoms with E-state index in [1.54, 1.807) is 6.07 Å². The molecule has 1 N–H and O–H groups in total. The van der Waals surface area contributed by atoms with Crippen molar-refractivity contribution in [1.82, 2.24) is 4.98 Å². The van der Waals surface area contributed by atoms with Crippen molar-refractivity contribution in [3.8, 4) is 0 Å². The summed E-state index contributed by atoms with van der Waals surface area (Å²) in [6, 6.07) is 3.71. The van der Waals surface area contributed by atoms with Crippen LogP contribution in [0.4, 0.5) is 0 Å². The zero-order chi connectivity index (χ0) is 12.4. The molecular formula is C13H12BrNO2. The molecule has 0 unspecified atom stereocenters. The van der Waals surface area contributed by atoms with Gasteiger partial charge in [0.25, 0.3) is 0 Å². The molecule has 1 aromatic carbocycles. The molecular weight excluding hydrogens is 282 g/mol. The highest BCUT2D eigenvalue weighted by Crippen LogP contribution is 2.28. The van der Waals surface area contributed by atoms with E-state index in [-0.39, 0.29) is 5.97 Å². The number of carbonyl (C=O) groups excluding carboxylic acids is 1. The number of carbonyl (C=O) groups is 1. The van der Waals surface area contributed by atoms with Crippen molar-refractivity contribution < 1.29 is 9.53 Å². The average molecular weight is 294 g/mol. The maximum Gasteiger partial charge on any atom is 0.338 e. The lowest BCUT2D eigenvalue weighted by atomic mass is 10.0. The number of ether oxygens (including phenoxy) is 1. The third-order valence-corrected chi connectivity index (χ3v) is 3.05. The standard InChI is InChI=1S/C13H12BrNO2/c1-3-4-8-7-15-11-6-9(14)5-10(12(8)11)13(16)17-2/h3,5-7,15H,1,4H2,2H3. The van der Waals surface area contributed by atoms with Gasteiger partial charge in [0.2, 0.25) is 0 Å². The highest BCUT2D eigenvalue weighted by Gasteiger charge is 2.15. The molecule has 3 nitrogen and oxygen atoms in total. The van der Waals surface area contributed by atoms with E-state index >= 15 is 0 Å². The predicted octanol–water partition coefficient (Wildman–Crippen LogP) is 3.45. The fourth-order valence-electron chi connectivity index (χ4n) is 1.89. The number of halogens is 1. The van der Waals surface area contributed by atoms with Crippen molar-refractivity contribution in [3.05, 3.63) is 46.6 Å². The van der Waals surface area contributed by atoms with E-state index in [1.807, 2.05) is 18.3 Å². The minimum Gasteiger partial charge on any atom is -0.465 e. The number of hydrogen-bond donors (Lipinski definition) is 1. The first-order valence-electron chi connectivity index (χ1n) is 5.16. The monoisotopic (exact) mass is 293 g/mol. The first-order valence-corrected chi connectivity index (χ1v) is 5.95. The van der Waals surface area contributed by atoms with E-state index in [2.05, 4.69) is 27.5 Å². The summed E-state index contributed by atoms with van der Waals surface area (Å²) in [5.74, 6) is -0.332. The molecule has 1 heterocycles. The minimum absolute atomic E-state index is 0.332. The van der Waals surface area contributed by atoms with Crippen LogP contribution >= 0.6 is 15.9 Å². The molecule has 2 rings (SSSR count). The fraction of sp³-hybridized carbons (Fsp3) is 0.154. The summed E-state index contributed by atoms with van der Waals surface area (Å²) in [5.41, 5.74) is 2.52. The third-order valence-electron chi connectivity index (χ3n) is 2.60. The summed E-state index contributed by atoms with van der Waals surface area (Å²) in [5, 5.41) is 0.903. The summed E-state index contributed by atoms with van der Waals surface area (Å²) >= 11 is 3.38. The van der Waals surface area contributed by atoms with E-state index in [1.165, 1.54) is 7.11 Å². The van der Waals surface area contributed by atoms with Gasteiger partial charge < -0.3 is 9.72 Å². The van der Waals surface area contributed by atoms with Gasteiger partial charge >= 0.3 is 5.97 Å². The van der Waals surface area contributed by atoms with Gasteiger partial charge in [0, 0.05) is 21.6 Å². The van der Waals surface area contributed by atoms with Crippen molar-refractivity contribution in [2.45, 2.75) is 6.42 Å². The molecule has 0 spiro atoms. The lowest BCUT2D eigenvalue weighted by molar-refractivity contribution is 0.0603. The molecule has 1 aromatic heterocycles. The molecule has 0 radical (unpaired) electrons. The van der Waals surface area contributed by atoms with Gasteiger partial charge in [-0.05, 0) is 24.1 Å². The second kappa shape index (κ2) is 4.75. The first kappa shape index (κ1) is 11.9. The summed E-state index contributed by atoms with van der Waals surface area (Å²) in [6.07, 6.45) is 4.42. The van der Waals surface area contributed by atoms with Crippen LogP contribution in [-0.4, -0.2) is 18.1 Å². The Labute approximate surface area is 108 Å². The second-order valence-corrected chi connectivity index (χ2v) is 4.59. The summed E-state index contributed by atoms with van der Waals surface area (Å²) in [6.45, 7) is 3.72. The smallest absolute Gasteiger partial charge is 0.338 e. The molecule has 0 saturated heterocycles. The van der Waals surface area contributed by atoms with Crippen LogP contribution in [0, 0.1) is 0 Å². The van der Waals surface area contributed by atoms with Gasteiger partial charge in [-0.25, -0.2) is 4.79 Å². The molecule has 0 atom stereocenters. The van der Waals surface area contributed by atoms with Gasteiger partial charge in [-0.1, -0.05) is 22.0 Å². The zero-order valence-electron chi connectivity index (χ0n) is 9.42. The molecule has 0 bridgehead atoms. The molecule has 0 amide bonds. The number of esters is 1. The van der Waals surface area contributed by atoms with Crippen LogP contribution in [0.15, 0.2) is 35.5 Å². The topological polar surface area (TPSA) is 42.1 Å². The number of aromatic nitrogens is 1. The van der Waals surface area contributed by atoms with Gasteiger partial charge in [0.05, 0.1) is 12.7 Å².